The fourth-order valence-electron chi connectivity index (χ4n) is 2.33. The molecule has 0 saturated heterocycles. The summed E-state index contributed by atoms with van der Waals surface area (Å²) in [5.74, 6) is 0. The van der Waals surface area contributed by atoms with E-state index in [1.54, 1.807) is 0 Å². The fourth-order valence-corrected chi connectivity index (χ4v) is 3.61. The number of rotatable bonds is 6. The van der Waals surface area contributed by atoms with Crippen LogP contribution in [0.15, 0.2) is 30.3 Å². The van der Waals surface area contributed by atoms with Gasteiger partial charge in [0.1, 0.15) is 0 Å². The van der Waals surface area contributed by atoms with E-state index >= 15 is 0 Å². The lowest BCUT2D eigenvalue weighted by Crippen LogP contribution is -2.19. The van der Waals surface area contributed by atoms with Gasteiger partial charge in [0.15, 0.2) is 0 Å². The molecule has 2 rings (SSSR count). The Bertz CT molecular complexity index is 552. The van der Waals surface area contributed by atoms with E-state index in [1.807, 2.05) is 11.3 Å². The molecule has 0 atom stereocenters. The molecule has 1 N–H and O–H groups in total. The lowest BCUT2D eigenvalue weighted by atomic mass is 9.91. The van der Waals surface area contributed by atoms with Crippen LogP contribution in [0.2, 0.25) is 0 Å². The zero-order valence-electron chi connectivity index (χ0n) is 13.6. The third-order valence-corrected chi connectivity index (χ3v) is 4.42. The topological polar surface area (TPSA) is 24.9 Å². The fraction of sp³-hybridized carbons (Fsp3) is 0.500. The van der Waals surface area contributed by atoms with Gasteiger partial charge in [-0.2, -0.15) is 0 Å². The van der Waals surface area contributed by atoms with Crippen molar-refractivity contribution in [3.8, 4) is 0 Å². The average Bonchev–Trinajstić information content (AvgIpc) is 2.83. The van der Waals surface area contributed by atoms with Gasteiger partial charge in [0.2, 0.25) is 0 Å². The van der Waals surface area contributed by atoms with Crippen LogP contribution >= 0.6 is 11.3 Å². The molecule has 0 aliphatic rings. The molecule has 2 aromatic rings. The van der Waals surface area contributed by atoms with Gasteiger partial charge in [-0.05, 0) is 18.5 Å². The van der Waals surface area contributed by atoms with E-state index in [-0.39, 0.29) is 5.41 Å². The van der Waals surface area contributed by atoms with Crippen molar-refractivity contribution in [2.75, 3.05) is 6.54 Å². The number of nitrogens with zero attached hydrogens (tertiary/aromatic N) is 1. The minimum Gasteiger partial charge on any atom is -0.312 e. The van der Waals surface area contributed by atoms with Crippen LogP contribution in [0.3, 0.4) is 0 Å². The highest BCUT2D eigenvalue weighted by molar-refractivity contribution is 7.11. The second-order valence-corrected chi connectivity index (χ2v) is 7.64. The van der Waals surface area contributed by atoms with Crippen molar-refractivity contribution in [2.24, 2.45) is 0 Å². The molecule has 1 heterocycles. The molecular weight excluding hydrogens is 276 g/mol. The number of hydrogen-bond acceptors (Lipinski definition) is 3. The summed E-state index contributed by atoms with van der Waals surface area (Å²) in [7, 11) is 0. The first-order valence-electron chi connectivity index (χ1n) is 7.74. The molecule has 21 heavy (non-hydrogen) atoms. The van der Waals surface area contributed by atoms with E-state index in [2.05, 4.69) is 63.3 Å². The third kappa shape index (κ3) is 4.65. The van der Waals surface area contributed by atoms with E-state index in [9.17, 15) is 0 Å². The van der Waals surface area contributed by atoms with Crippen LogP contribution < -0.4 is 5.32 Å². The van der Waals surface area contributed by atoms with Crippen molar-refractivity contribution < 1.29 is 0 Å². The first-order chi connectivity index (χ1) is 10.0. The van der Waals surface area contributed by atoms with Crippen LogP contribution in [0.1, 0.15) is 55.3 Å². The van der Waals surface area contributed by atoms with Crippen molar-refractivity contribution in [3.63, 3.8) is 0 Å². The molecule has 0 amide bonds. The Morgan fingerprint density at radius 1 is 1.14 bits per heavy atom. The second kappa shape index (κ2) is 7.19. The van der Waals surface area contributed by atoms with Crippen molar-refractivity contribution in [1.29, 1.82) is 0 Å². The maximum absolute atomic E-state index is 4.93. The average molecular weight is 302 g/mol. The summed E-state index contributed by atoms with van der Waals surface area (Å²) in [6.07, 6.45) is 2.10. The summed E-state index contributed by atoms with van der Waals surface area (Å²) >= 11 is 1.86. The third-order valence-electron chi connectivity index (χ3n) is 3.36. The van der Waals surface area contributed by atoms with Crippen molar-refractivity contribution in [2.45, 2.75) is 52.5 Å². The summed E-state index contributed by atoms with van der Waals surface area (Å²) in [5, 5.41) is 4.73. The SMILES string of the molecule is CCCNCc1sc(Cc2ccccc2)nc1C(C)(C)C. The molecule has 3 heteroatoms. The zero-order chi connectivity index (χ0) is 15.3. The molecule has 0 aliphatic heterocycles. The molecule has 1 aromatic carbocycles. The highest BCUT2D eigenvalue weighted by atomic mass is 32.1. The van der Waals surface area contributed by atoms with E-state index in [0.29, 0.717) is 0 Å². The van der Waals surface area contributed by atoms with Gasteiger partial charge >= 0.3 is 0 Å². The van der Waals surface area contributed by atoms with E-state index in [4.69, 9.17) is 4.98 Å². The van der Waals surface area contributed by atoms with Crippen LogP contribution in [0.4, 0.5) is 0 Å². The number of hydrogen-bond donors (Lipinski definition) is 1. The zero-order valence-corrected chi connectivity index (χ0v) is 14.4. The molecular formula is C18H26N2S. The highest BCUT2D eigenvalue weighted by Crippen LogP contribution is 2.30. The molecule has 0 aliphatic carbocycles. The highest BCUT2D eigenvalue weighted by Gasteiger charge is 2.22. The van der Waals surface area contributed by atoms with Gasteiger partial charge in [0.05, 0.1) is 10.7 Å². The maximum Gasteiger partial charge on any atom is 0.0975 e. The van der Waals surface area contributed by atoms with Crippen LogP contribution in [0.5, 0.6) is 0 Å². The molecule has 0 saturated carbocycles. The normalized spacial score (nSPS) is 11.8. The van der Waals surface area contributed by atoms with Gasteiger partial charge in [-0.1, -0.05) is 58.0 Å². The van der Waals surface area contributed by atoms with Gasteiger partial charge in [-0.3, -0.25) is 0 Å². The Hall–Kier alpha value is -1.19. The summed E-state index contributed by atoms with van der Waals surface area (Å²) < 4.78 is 0. The molecule has 114 valence electrons. The Balaban J connectivity index is 2.19. The van der Waals surface area contributed by atoms with Crippen LogP contribution in [0, 0.1) is 0 Å². The Labute approximate surface area is 132 Å². The van der Waals surface area contributed by atoms with Gasteiger partial charge in [0, 0.05) is 23.3 Å². The van der Waals surface area contributed by atoms with Gasteiger partial charge < -0.3 is 5.32 Å². The first-order valence-corrected chi connectivity index (χ1v) is 8.56. The van der Waals surface area contributed by atoms with Crippen LogP contribution in [0.25, 0.3) is 0 Å². The largest absolute Gasteiger partial charge is 0.312 e. The Kier molecular flexibility index (Phi) is 5.54. The van der Waals surface area contributed by atoms with Crippen molar-refractivity contribution in [3.05, 3.63) is 51.5 Å². The molecule has 1 aromatic heterocycles. The maximum atomic E-state index is 4.93. The summed E-state index contributed by atoms with van der Waals surface area (Å²) in [6, 6.07) is 10.6. The molecule has 0 unspecified atom stereocenters. The quantitative estimate of drug-likeness (QED) is 0.793. The van der Waals surface area contributed by atoms with Crippen molar-refractivity contribution in [1.82, 2.24) is 10.3 Å². The van der Waals surface area contributed by atoms with E-state index < -0.39 is 0 Å². The monoisotopic (exact) mass is 302 g/mol. The molecule has 0 radical (unpaired) electrons. The minimum absolute atomic E-state index is 0.106. The second-order valence-electron chi connectivity index (χ2n) is 6.47. The number of aromatic nitrogens is 1. The minimum atomic E-state index is 0.106. The Morgan fingerprint density at radius 3 is 2.48 bits per heavy atom. The predicted molar refractivity (Wildman–Crippen MR) is 92.1 cm³/mol. The van der Waals surface area contributed by atoms with Gasteiger partial charge in [-0.25, -0.2) is 4.98 Å². The number of benzene rings is 1. The molecule has 2 nitrogen and oxygen atoms in total. The number of thiazole rings is 1. The van der Waals surface area contributed by atoms with Crippen LogP contribution in [-0.2, 0) is 18.4 Å². The molecule has 0 spiro atoms. The van der Waals surface area contributed by atoms with Crippen LogP contribution in [-0.4, -0.2) is 11.5 Å². The molecule has 0 fully saturated rings. The predicted octanol–water partition coefficient (Wildman–Crippen LogP) is 4.53. The summed E-state index contributed by atoms with van der Waals surface area (Å²) in [4.78, 5) is 6.32. The summed E-state index contributed by atoms with van der Waals surface area (Å²) in [6.45, 7) is 10.9. The Morgan fingerprint density at radius 2 is 1.86 bits per heavy atom. The van der Waals surface area contributed by atoms with E-state index in [0.717, 1.165) is 19.5 Å². The van der Waals surface area contributed by atoms with Gasteiger partial charge in [-0.15, -0.1) is 11.3 Å². The summed E-state index contributed by atoms with van der Waals surface area (Å²) in [5.41, 5.74) is 2.69. The first kappa shape index (κ1) is 16.2. The van der Waals surface area contributed by atoms with E-state index in [1.165, 1.54) is 27.6 Å². The smallest absolute Gasteiger partial charge is 0.0975 e. The standard InChI is InChI=1S/C18H26N2S/c1-5-11-19-13-15-17(18(2,3)4)20-16(21-15)12-14-9-7-6-8-10-14/h6-10,19H,5,11-13H2,1-4H3. The van der Waals surface area contributed by atoms with Crippen molar-refractivity contribution >= 4 is 11.3 Å². The molecule has 0 bridgehead atoms. The number of nitrogens with one attached hydrogen (secondary N) is 1. The lowest BCUT2D eigenvalue weighted by Gasteiger charge is -2.17. The van der Waals surface area contributed by atoms with Gasteiger partial charge in [0.25, 0.3) is 0 Å². The lowest BCUT2D eigenvalue weighted by molar-refractivity contribution is 0.557.